The lowest BCUT2D eigenvalue weighted by molar-refractivity contribution is -0.109. The van der Waals surface area contributed by atoms with Crippen LogP contribution in [0.5, 0.6) is 5.75 Å². The van der Waals surface area contributed by atoms with Gasteiger partial charge in [-0.2, -0.15) is 0 Å². The van der Waals surface area contributed by atoms with Crippen LogP contribution in [0.1, 0.15) is 5.56 Å². The monoisotopic (exact) mass is 431 g/mol. The number of ether oxygens (including phenoxy) is 1. The van der Waals surface area contributed by atoms with Gasteiger partial charge in [-0.25, -0.2) is 0 Å². The maximum atomic E-state index is 10.1. The van der Waals surface area contributed by atoms with Gasteiger partial charge < -0.3 is 10.1 Å². The first-order chi connectivity index (χ1) is 7.19. The number of methoxy groups -OCH3 is 1. The molecule has 0 aliphatic rings. The molecule has 0 aliphatic heterocycles. The van der Waals surface area contributed by atoms with Gasteiger partial charge in [0.15, 0.2) is 0 Å². The van der Waals surface area contributed by atoms with E-state index in [2.05, 4.69) is 62.6 Å². The van der Waals surface area contributed by atoms with Crippen molar-refractivity contribution in [3.05, 3.63) is 24.8 Å². The Morgan fingerprint density at radius 2 is 2.00 bits per heavy atom. The summed E-state index contributed by atoms with van der Waals surface area (Å²) in [6.45, 7) is 0.669. The Morgan fingerprint density at radius 1 is 1.40 bits per heavy atom. The van der Waals surface area contributed by atoms with Crippen molar-refractivity contribution < 1.29 is 9.53 Å². The average Bonchev–Trinajstić information content (AvgIpc) is 2.18. The van der Waals surface area contributed by atoms with Gasteiger partial charge in [-0.3, -0.25) is 4.79 Å². The summed E-state index contributed by atoms with van der Waals surface area (Å²) >= 11 is 4.51. The Balaban J connectivity index is 2.79. The lowest BCUT2D eigenvalue weighted by atomic mass is 10.1. The largest absolute Gasteiger partial charge is 0.495 e. The van der Waals surface area contributed by atoms with E-state index in [0.29, 0.717) is 6.54 Å². The molecule has 0 spiro atoms. The third kappa shape index (κ3) is 3.78. The van der Waals surface area contributed by atoms with Crippen molar-refractivity contribution in [2.45, 2.75) is 6.42 Å². The fourth-order valence-corrected chi connectivity index (χ4v) is 3.56. The van der Waals surface area contributed by atoms with Crippen LogP contribution in [0.15, 0.2) is 12.1 Å². The minimum Gasteiger partial charge on any atom is -0.495 e. The first kappa shape index (κ1) is 13.0. The Hall–Kier alpha value is -0.0500. The van der Waals surface area contributed by atoms with Gasteiger partial charge in [0.25, 0.3) is 0 Å². The second kappa shape index (κ2) is 6.51. The molecule has 5 heteroatoms. The third-order valence-electron chi connectivity index (χ3n) is 1.90. The highest BCUT2D eigenvalue weighted by atomic mass is 127. The van der Waals surface area contributed by atoms with Gasteiger partial charge in [-0.1, -0.05) is 0 Å². The van der Waals surface area contributed by atoms with Crippen LogP contribution in [-0.2, 0) is 11.2 Å². The van der Waals surface area contributed by atoms with Crippen molar-refractivity contribution in [1.29, 1.82) is 0 Å². The van der Waals surface area contributed by atoms with Gasteiger partial charge >= 0.3 is 0 Å². The minimum atomic E-state index is 0.669. The summed E-state index contributed by atoms with van der Waals surface area (Å²) in [6, 6.07) is 4.15. The van der Waals surface area contributed by atoms with Crippen LogP contribution in [-0.4, -0.2) is 20.1 Å². The molecule has 0 heterocycles. The summed E-state index contributed by atoms with van der Waals surface area (Å²) in [5.41, 5.74) is 1.21. The van der Waals surface area contributed by atoms with Gasteiger partial charge in [-0.05, 0) is 69.3 Å². The van der Waals surface area contributed by atoms with Crippen LogP contribution >= 0.6 is 45.2 Å². The zero-order chi connectivity index (χ0) is 11.3. The van der Waals surface area contributed by atoms with E-state index < -0.39 is 0 Å². The summed E-state index contributed by atoms with van der Waals surface area (Å²) in [7, 11) is 1.67. The van der Waals surface area contributed by atoms with E-state index in [-0.39, 0.29) is 0 Å². The van der Waals surface area contributed by atoms with Crippen LogP contribution in [0, 0.1) is 7.14 Å². The van der Waals surface area contributed by atoms with Crippen LogP contribution in [0.25, 0.3) is 0 Å². The average molecular weight is 431 g/mol. The van der Waals surface area contributed by atoms with Gasteiger partial charge in [0, 0.05) is 6.54 Å². The maximum absolute atomic E-state index is 10.1. The number of hydrogen-bond donors (Lipinski definition) is 1. The van der Waals surface area contributed by atoms with Crippen molar-refractivity contribution in [3.8, 4) is 5.75 Å². The normalized spacial score (nSPS) is 9.80. The summed E-state index contributed by atoms with van der Waals surface area (Å²) in [6.07, 6.45) is 1.56. The van der Waals surface area contributed by atoms with E-state index in [0.717, 1.165) is 25.7 Å². The molecule has 15 heavy (non-hydrogen) atoms. The van der Waals surface area contributed by atoms with Gasteiger partial charge in [0.2, 0.25) is 6.41 Å². The molecule has 0 saturated heterocycles. The maximum Gasteiger partial charge on any atom is 0.207 e. The number of amides is 1. The van der Waals surface area contributed by atoms with Gasteiger partial charge in [-0.15, -0.1) is 0 Å². The third-order valence-corrected chi connectivity index (χ3v) is 3.51. The lowest BCUT2D eigenvalue weighted by Gasteiger charge is -2.09. The molecule has 0 aromatic heterocycles. The Morgan fingerprint density at radius 3 is 2.47 bits per heavy atom. The Kier molecular flexibility index (Phi) is 5.65. The summed E-state index contributed by atoms with van der Waals surface area (Å²) in [5, 5.41) is 2.65. The number of hydrogen-bond acceptors (Lipinski definition) is 2. The van der Waals surface area contributed by atoms with Crippen LogP contribution in [0.2, 0.25) is 0 Å². The second-order valence-corrected chi connectivity index (χ2v) is 5.24. The molecule has 1 rings (SSSR count). The SMILES string of the molecule is COc1c(I)cc(CCNC=O)cc1I. The molecule has 0 unspecified atom stereocenters. The van der Waals surface area contributed by atoms with Gasteiger partial charge in [0.1, 0.15) is 5.75 Å². The Labute approximate surface area is 116 Å². The van der Waals surface area contributed by atoms with Crippen LogP contribution in [0.3, 0.4) is 0 Å². The molecule has 3 nitrogen and oxygen atoms in total. The van der Waals surface area contributed by atoms with E-state index in [1.165, 1.54) is 5.56 Å². The standard InChI is InChI=1S/C10H11I2NO2/c1-15-10-8(11)4-7(5-9(10)12)2-3-13-6-14/h4-6H,2-3H2,1H3,(H,13,14). The molecule has 0 saturated carbocycles. The number of nitrogens with one attached hydrogen (secondary N) is 1. The van der Waals surface area contributed by atoms with E-state index in [4.69, 9.17) is 4.74 Å². The van der Waals surface area contributed by atoms with Crippen molar-refractivity contribution in [1.82, 2.24) is 5.32 Å². The first-order valence-corrected chi connectivity index (χ1v) is 6.53. The smallest absolute Gasteiger partial charge is 0.207 e. The lowest BCUT2D eigenvalue weighted by Crippen LogP contribution is -2.14. The Bertz CT molecular complexity index is 332. The summed E-state index contributed by atoms with van der Waals surface area (Å²) in [5.74, 6) is 0.920. The molecule has 0 atom stereocenters. The fourth-order valence-electron chi connectivity index (χ4n) is 1.23. The highest BCUT2D eigenvalue weighted by Gasteiger charge is 2.07. The molecule has 0 bridgehead atoms. The zero-order valence-corrected chi connectivity index (χ0v) is 12.5. The van der Waals surface area contributed by atoms with E-state index >= 15 is 0 Å². The zero-order valence-electron chi connectivity index (χ0n) is 8.22. The summed E-state index contributed by atoms with van der Waals surface area (Å²) in [4.78, 5) is 10.1. The predicted molar refractivity (Wildman–Crippen MR) is 76.2 cm³/mol. The number of carbonyl (C=O) groups is 1. The van der Waals surface area contributed by atoms with E-state index in [1.54, 1.807) is 7.11 Å². The molecule has 0 radical (unpaired) electrons. The molecule has 0 fully saturated rings. The topological polar surface area (TPSA) is 38.3 Å². The molecule has 1 aromatic carbocycles. The molecule has 1 aromatic rings. The number of halogens is 2. The quantitative estimate of drug-likeness (QED) is 0.442. The van der Waals surface area contributed by atoms with Crippen LogP contribution in [0.4, 0.5) is 0 Å². The van der Waals surface area contributed by atoms with Crippen molar-refractivity contribution in [2.24, 2.45) is 0 Å². The highest BCUT2D eigenvalue weighted by molar-refractivity contribution is 14.1. The van der Waals surface area contributed by atoms with E-state index in [1.807, 2.05) is 0 Å². The minimum absolute atomic E-state index is 0.669. The molecular formula is C10H11I2NO2. The van der Waals surface area contributed by atoms with Crippen LogP contribution < -0.4 is 10.1 Å². The van der Waals surface area contributed by atoms with Crippen molar-refractivity contribution >= 4 is 51.6 Å². The molecule has 82 valence electrons. The predicted octanol–water partition coefficient (Wildman–Crippen LogP) is 2.19. The molecule has 1 amide bonds. The molecule has 0 aliphatic carbocycles. The molecule has 1 N–H and O–H groups in total. The van der Waals surface area contributed by atoms with Crippen molar-refractivity contribution in [2.75, 3.05) is 13.7 Å². The second-order valence-electron chi connectivity index (χ2n) is 2.91. The summed E-state index contributed by atoms with van der Waals surface area (Å²) < 4.78 is 7.47. The van der Waals surface area contributed by atoms with Gasteiger partial charge in [0.05, 0.1) is 14.3 Å². The van der Waals surface area contributed by atoms with E-state index in [9.17, 15) is 4.79 Å². The number of benzene rings is 1. The fraction of sp³-hybridized carbons (Fsp3) is 0.300. The molecular weight excluding hydrogens is 420 g/mol. The highest BCUT2D eigenvalue weighted by Crippen LogP contribution is 2.28. The first-order valence-electron chi connectivity index (χ1n) is 4.38. The number of carbonyl (C=O) groups excluding carboxylic acids is 1. The van der Waals surface area contributed by atoms with Crippen molar-refractivity contribution in [3.63, 3.8) is 0 Å². The number of rotatable bonds is 5.